The van der Waals surface area contributed by atoms with Crippen molar-refractivity contribution in [3.8, 4) is 0 Å². The van der Waals surface area contributed by atoms with Gasteiger partial charge >= 0.3 is 0 Å². The van der Waals surface area contributed by atoms with Gasteiger partial charge in [0.2, 0.25) is 11.8 Å². The molecule has 2 amide bonds. The Balaban J connectivity index is 1.63. The van der Waals surface area contributed by atoms with Gasteiger partial charge in [-0.05, 0) is 47.5 Å². The SMILES string of the molecule is CN1C(=O)Cc2ccc(C3=NC(Cc4ccc(Cl)cc4)C(=O)Nc4ccc(Cl)cc43)cc21. The molecule has 5 rings (SSSR count). The van der Waals surface area contributed by atoms with Crippen molar-refractivity contribution in [3.63, 3.8) is 0 Å². The number of hydrogen-bond acceptors (Lipinski definition) is 3. The molecule has 0 aliphatic carbocycles. The van der Waals surface area contributed by atoms with E-state index in [-0.39, 0.29) is 11.8 Å². The van der Waals surface area contributed by atoms with Crippen molar-refractivity contribution in [2.75, 3.05) is 17.3 Å². The number of nitrogens with zero attached hydrogens (tertiary/aromatic N) is 2. The summed E-state index contributed by atoms with van der Waals surface area (Å²) in [5.74, 6) is -0.132. The maximum atomic E-state index is 13.1. The van der Waals surface area contributed by atoms with Crippen LogP contribution in [0.4, 0.5) is 11.4 Å². The van der Waals surface area contributed by atoms with Gasteiger partial charge in [0.1, 0.15) is 6.04 Å². The number of carbonyl (C=O) groups is 2. The third-order valence-electron chi connectivity index (χ3n) is 5.86. The van der Waals surface area contributed by atoms with Crippen LogP contribution in [0.3, 0.4) is 0 Å². The Labute approximate surface area is 195 Å². The van der Waals surface area contributed by atoms with Crippen LogP contribution in [0.25, 0.3) is 0 Å². The van der Waals surface area contributed by atoms with Crippen LogP contribution in [-0.4, -0.2) is 30.6 Å². The van der Waals surface area contributed by atoms with Gasteiger partial charge in [-0.2, -0.15) is 0 Å². The van der Waals surface area contributed by atoms with Gasteiger partial charge in [0.05, 0.1) is 17.8 Å². The van der Waals surface area contributed by atoms with Crippen molar-refractivity contribution < 1.29 is 9.59 Å². The molecular formula is C25H19Cl2N3O2. The quantitative estimate of drug-likeness (QED) is 0.599. The first-order valence-corrected chi connectivity index (χ1v) is 11.0. The summed E-state index contributed by atoms with van der Waals surface area (Å²) in [4.78, 5) is 31.8. The van der Waals surface area contributed by atoms with Gasteiger partial charge in [-0.25, -0.2) is 0 Å². The van der Waals surface area contributed by atoms with Gasteiger partial charge in [0, 0.05) is 40.3 Å². The number of amides is 2. The zero-order valence-corrected chi connectivity index (χ0v) is 18.7. The Kier molecular flexibility index (Phi) is 5.24. The number of rotatable bonds is 3. The third-order valence-corrected chi connectivity index (χ3v) is 6.35. The van der Waals surface area contributed by atoms with Crippen molar-refractivity contribution >= 4 is 52.1 Å². The largest absolute Gasteiger partial charge is 0.324 e. The number of benzene rings is 3. The van der Waals surface area contributed by atoms with Crippen molar-refractivity contribution in [1.29, 1.82) is 0 Å². The summed E-state index contributed by atoms with van der Waals surface area (Å²) >= 11 is 12.3. The molecule has 160 valence electrons. The van der Waals surface area contributed by atoms with E-state index >= 15 is 0 Å². The monoisotopic (exact) mass is 463 g/mol. The first-order chi connectivity index (χ1) is 15.4. The molecule has 1 unspecified atom stereocenters. The van der Waals surface area contributed by atoms with E-state index in [2.05, 4.69) is 5.32 Å². The number of likely N-dealkylation sites (N-methyl/N-ethyl adjacent to an activating group) is 1. The predicted molar refractivity (Wildman–Crippen MR) is 128 cm³/mol. The van der Waals surface area contributed by atoms with Crippen molar-refractivity contribution in [2.45, 2.75) is 18.9 Å². The zero-order valence-electron chi connectivity index (χ0n) is 17.2. The first-order valence-electron chi connectivity index (χ1n) is 10.2. The summed E-state index contributed by atoms with van der Waals surface area (Å²) < 4.78 is 0. The third kappa shape index (κ3) is 3.78. The Morgan fingerprint density at radius 2 is 1.75 bits per heavy atom. The van der Waals surface area contributed by atoms with Crippen LogP contribution in [0.2, 0.25) is 10.0 Å². The van der Waals surface area contributed by atoms with E-state index in [4.69, 9.17) is 28.2 Å². The summed E-state index contributed by atoms with van der Waals surface area (Å²) in [5, 5.41) is 4.19. The highest BCUT2D eigenvalue weighted by atomic mass is 35.5. The number of carbonyl (C=O) groups excluding carboxylic acids is 2. The maximum Gasteiger partial charge on any atom is 0.249 e. The van der Waals surface area contributed by atoms with E-state index in [0.29, 0.717) is 34.3 Å². The van der Waals surface area contributed by atoms with Crippen LogP contribution in [0.15, 0.2) is 65.7 Å². The summed E-state index contributed by atoms with van der Waals surface area (Å²) in [7, 11) is 1.77. The molecule has 2 aliphatic heterocycles. The van der Waals surface area contributed by atoms with Crippen molar-refractivity contribution in [2.24, 2.45) is 4.99 Å². The molecule has 32 heavy (non-hydrogen) atoms. The molecule has 0 fully saturated rings. The topological polar surface area (TPSA) is 61.8 Å². The standard InChI is InChI=1S/C25H19Cl2N3O2/c1-30-22-11-16(5-4-15(22)12-23(30)31)24-19-13-18(27)8-9-20(19)29-25(32)21(28-24)10-14-2-6-17(26)7-3-14/h2-9,11,13,21H,10,12H2,1H3,(H,29,32). The lowest BCUT2D eigenvalue weighted by molar-refractivity contribution is -0.118. The highest BCUT2D eigenvalue weighted by Gasteiger charge is 2.29. The number of aliphatic imine (C=N–C) groups is 1. The summed E-state index contributed by atoms with van der Waals surface area (Å²) in [6.07, 6.45) is 0.817. The fourth-order valence-corrected chi connectivity index (χ4v) is 4.42. The van der Waals surface area contributed by atoms with E-state index in [0.717, 1.165) is 27.9 Å². The molecule has 0 radical (unpaired) electrons. The molecule has 3 aromatic rings. The van der Waals surface area contributed by atoms with Gasteiger partial charge in [-0.3, -0.25) is 14.6 Å². The van der Waals surface area contributed by atoms with Crippen LogP contribution in [0.1, 0.15) is 22.3 Å². The number of fused-ring (bicyclic) bond motifs is 2. The number of hydrogen-bond donors (Lipinski definition) is 1. The smallest absolute Gasteiger partial charge is 0.249 e. The first kappa shape index (κ1) is 20.7. The number of anilines is 2. The molecule has 0 aromatic heterocycles. The molecule has 7 heteroatoms. The number of halogens is 2. The fraction of sp³-hybridized carbons (Fsp3) is 0.160. The fourth-order valence-electron chi connectivity index (χ4n) is 4.12. The average Bonchev–Trinajstić information content (AvgIpc) is 2.98. The Bertz CT molecular complexity index is 1280. The molecule has 0 saturated heterocycles. The molecule has 2 heterocycles. The minimum absolute atomic E-state index is 0.0564. The number of benzodiazepines with no additional fused rings is 1. The molecular weight excluding hydrogens is 445 g/mol. The van der Waals surface area contributed by atoms with Gasteiger partial charge in [-0.15, -0.1) is 0 Å². The predicted octanol–water partition coefficient (Wildman–Crippen LogP) is 4.91. The van der Waals surface area contributed by atoms with Crippen molar-refractivity contribution in [1.82, 2.24) is 0 Å². The maximum absolute atomic E-state index is 13.1. The van der Waals surface area contributed by atoms with Crippen LogP contribution >= 0.6 is 23.2 Å². The second-order valence-electron chi connectivity index (χ2n) is 7.98. The minimum Gasteiger partial charge on any atom is -0.324 e. The minimum atomic E-state index is -0.634. The van der Waals surface area contributed by atoms with E-state index in [1.807, 2.05) is 36.4 Å². The summed E-state index contributed by atoms with van der Waals surface area (Å²) in [6.45, 7) is 0. The molecule has 1 N–H and O–H groups in total. The molecule has 2 aliphatic rings. The van der Waals surface area contributed by atoms with Gasteiger partial charge in [0.25, 0.3) is 0 Å². The van der Waals surface area contributed by atoms with Gasteiger partial charge in [-0.1, -0.05) is 47.5 Å². The highest BCUT2D eigenvalue weighted by molar-refractivity contribution is 6.32. The van der Waals surface area contributed by atoms with Crippen LogP contribution < -0.4 is 10.2 Å². The lowest BCUT2D eigenvalue weighted by Gasteiger charge is -2.14. The molecule has 3 aromatic carbocycles. The average molecular weight is 464 g/mol. The lowest BCUT2D eigenvalue weighted by Crippen LogP contribution is -2.27. The molecule has 0 spiro atoms. The summed E-state index contributed by atoms with van der Waals surface area (Å²) in [6, 6.07) is 18.0. The van der Waals surface area contributed by atoms with E-state index in [1.54, 1.807) is 36.2 Å². The molecule has 0 bridgehead atoms. The molecule has 1 atom stereocenters. The normalized spacial score (nSPS) is 17.4. The Morgan fingerprint density at radius 1 is 1.00 bits per heavy atom. The molecule has 0 saturated carbocycles. The van der Waals surface area contributed by atoms with Crippen LogP contribution in [-0.2, 0) is 22.4 Å². The van der Waals surface area contributed by atoms with Crippen LogP contribution in [0.5, 0.6) is 0 Å². The lowest BCUT2D eigenvalue weighted by atomic mass is 9.98. The van der Waals surface area contributed by atoms with Crippen LogP contribution in [0, 0.1) is 0 Å². The van der Waals surface area contributed by atoms with E-state index in [1.165, 1.54) is 0 Å². The van der Waals surface area contributed by atoms with E-state index < -0.39 is 6.04 Å². The second kappa shape index (κ2) is 8.08. The Morgan fingerprint density at radius 3 is 2.53 bits per heavy atom. The second-order valence-corrected chi connectivity index (χ2v) is 8.85. The zero-order chi connectivity index (χ0) is 22.4. The van der Waals surface area contributed by atoms with Gasteiger partial charge < -0.3 is 10.2 Å². The summed E-state index contributed by atoms with van der Waals surface area (Å²) in [5.41, 5.74) is 5.69. The number of nitrogens with one attached hydrogen (secondary N) is 1. The Hall–Kier alpha value is -3.15. The molecule has 5 nitrogen and oxygen atoms in total. The van der Waals surface area contributed by atoms with Gasteiger partial charge in [0.15, 0.2) is 0 Å². The highest BCUT2D eigenvalue weighted by Crippen LogP contribution is 2.33. The van der Waals surface area contributed by atoms with E-state index in [9.17, 15) is 9.59 Å². The van der Waals surface area contributed by atoms with Crippen molar-refractivity contribution in [3.05, 3.63) is 93.0 Å².